The van der Waals surface area contributed by atoms with Crippen molar-refractivity contribution in [2.24, 2.45) is 5.41 Å². The number of Topliss-reactive ketones (excluding diaryl/α,β-unsaturated/α-hetero) is 1. The maximum atomic E-state index is 12.1. The third kappa shape index (κ3) is 11.0. The molecule has 1 atom stereocenters. The molecule has 0 aliphatic heterocycles. The molecule has 0 amide bonds. The number of hydrogen-bond acceptors (Lipinski definition) is 1. The van der Waals surface area contributed by atoms with E-state index in [-0.39, 0.29) is 5.41 Å². The molecular formula is C22H44O. The smallest absolute Gasteiger partial charge is 0.135 e. The van der Waals surface area contributed by atoms with E-state index in [4.69, 9.17) is 0 Å². The van der Waals surface area contributed by atoms with Crippen molar-refractivity contribution in [1.29, 1.82) is 0 Å². The van der Waals surface area contributed by atoms with Crippen LogP contribution in [-0.2, 0) is 4.79 Å². The van der Waals surface area contributed by atoms with Gasteiger partial charge in [0.25, 0.3) is 0 Å². The van der Waals surface area contributed by atoms with Crippen molar-refractivity contribution >= 4 is 5.78 Å². The summed E-state index contributed by atoms with van der Waals surface area (Å²) in [6.07, 6.45) is 20.8. The highest BCUT2D eigenvalue weighted by Crippen LogP contribution is 2.36. The first-order valence-corrected chi connectivity index (χ1v) is 10.6. The van der Waals surface area contributed by atoms with Crippen LogP contribution in [0.1, 0.15) is 130 Å². The number of unbranched alkanes of at least 4 members (excludes halogenated alkanes) is 11. The van der Waals surface area contributed by atoms with Gasteiger partial charge in [-0.05, 0) is 26.2 Å². The van der Waals surface area contributed by atoms with Gasteiger partial charge in [-0.2, -0.15) is 0 Å². The lowest BCUT2D eigenvalue weighted by molar-refractivity contribution is -0.127. The zero-order valence-electron chi connectivity index (χ0n) is 16.7. The van der Waals surface area contributed by atoms with Crippen LogP contribution < -0.4 is 0 Å². The number of hydrogen-bond donors (Lipinski definition) is 0. The highest BCUT2D eigenvalue weighted by molar-refractivity contribution is 5.82. The fourth-order valence-corrected chi connectivity index (χ4v) is 3.72. The van der Waals surface area contributed by atoms with Crippen LogP contribution in [0.3, 0.4) is 0 Å². The van der Waals surface area contributed by atoms with Gasteiger partial charge in [0.2, 0.25) is 0 Å². The predicted molar refractivity (Wildman–Crippen MR) is 104 cm³/mol. The van der Waals surface area contributed by atoms with Crippen LogP contribution in [0, 0.1) is 5.41 Å². The van der Waals surface area contributed by atoms with Crippen LogP contribution in [-0.4, -0.2) is 5.78 Å². The summed E-state index contributed by atoms with van der Waals surface area (Å²) in [5.74, 6) is 0.431. The SMILES string of the molecule is CCCCCCCCCCCCCC(CC)(CCCC)C(C)=O. The fourth-order valence-electron chi connectivity index (χ4n) is 3.72. The van der Waals surface area contributed by atoms with Crippen LogP contribution in [0.15, 0.2) is 0 Å². The van der Waals surface area contributed by atoms with E-state index < -0.39 is 0 Å². The molecule has 0 spiro atoms. The highest BCUT2D eigenvalue weighted by Gasteiger charge is 2.31. The summed E-state index contributed by atoms with van der Waals surface area (Å²) in [4.78, 5) is 12.1. The lowest BCUT2D eigenvalue weighted by Gasteiger charge is -2.30. The van der Waals surface area contributed by atoms with Crippen molar-refractivity contribution in [1.82, 2.24) is 0 Å². The molecule has 0 N–H and O–H groups in total. The molecule has 1 heteroatoms. The number of carbonyl (C=O) groups is 1. The molecule has 0 heterocycles. The Kier molecular flexibility index (Phi) is 15.0. The van der Waals surface area contributed by atoms with Gasteiger partial charge in [0.1, 0.15) is 5.78 Å². The van der Waals surface area contributed by atoms with Crippen molar-refractivity contribution in [2.45, 2.75) is 130 Å². The van der Waals surface area contributed by atoms with Crippen LogP contribution in [0.4, 0.5) is 0 Å². The van der Waals surface area contributed by atoms with Gasteiger partial charge in [0, 0.05) is 5.41 Å². The normalized spacial score (nSPS) is 13.9. The van der Waals surface area contributed by atoms with E-state index in [1.165, 1.54) is 83.5 Å². The minimum atomic E-state index is -0.00467. The molecule has 1 unspecified atom stereocenters. The minimum Gasteiger partial charge on any atom is -0.299 e. The molecule has 138 valence electrons. The van der Waals surface area contributed by atoms with E-state index in [9.17, 15) is 4.79 Å². The molecule has 0 aromatic heterocycles. The number of carbonyl (C=O) groups excluding carboxylic acids is 1. The summed E-state index contributed by atoms with van der Waals surface area (Å²) in [6, 6.07) is 0. The van der Waals surface area contributed by atoms with Gasteiger partial charge >= 0.3 is 0 Å². The minimum absolute atomic E-state index is 0.00467. The van der Waals surface area contributed by atoms with Crippen molar-refractivity contribution in [2.75, 3.05) is 0 Å². The standard InChI is InChI=1S/C22H44O/c1-5-8-10-11-12-13-14-15-16-17-18-20-22(7-3,21(4)23)19-9-6-2/h5-20H2,1-4H3. The molecule has 0 saturated heterocycles. The maximum Gasteiger partial charge on any atom is 0.135 e. The Hall–Kier alpha value is -0.330. The molecule has 0 saturated carbocycles. The van der Waals surface area contributed by atoms with Crippen molar-refractivity contribution in [3.05, 3.63) is 0 Å². The first kappa shape index (κ1) is 22.7. The van der Waals surface area contributed by atoms with E-state index in [0.29, 0.717) is 5.78 Å². The Morgan fingerprint density at radius 2 is 1.00 bits per heavy atom. The van der Waals surface area contributed by atoms with Crippen LogP contribution in [0.2, 0.25) is 0 Å². The molecule has 23 heavy (non-hydrogen) atoms. The summed E-state index contributed by atoms with van der Waals surface area (Å²) >= 11 is 0. The molecule has 0 aliphatic carbocycles. The fraction of sp³-hybridized carbons (Fsp3) is 0.955. The molecule has 1 nitrogen and oxygen atoms in total. The lowest BCUT2D eigenvalue weighted by Crippen LogP contribution is -2.28. The summed E-state index contributed by atoms with van der Waals surface area (Å²) in [5.41, 5.74) is -0.00467. The Labute approximate surface area is 147 Å². The first-order valence-electron chi connectivity index (χ1n) is 10.6. The Balaban J connectivity index is 3.68. The quantitative estimate of drug-likeness (QED) is 0.249. The summed E-state index contributed by atoms with van der Waals surface area (Å²) < 4.78 is 0. The Morgan fingerprint density at radius 3 is 1.39 bits per heavy atom. The van der Waals surface area contributed by atoms with Gasteiger partial charge in [-0.1, -0.05) is 104 Å². The zero-order valence-corrected chi connectivity index (χ0v) is 16.7. The van der Waals surface area contributed by atoms with Crippen LogP contribution >= 0.6 is 0 Å². The predicted octanol–water partition coefficient (Wildman–Crippen LogP) is 7.86. The third-order valence-electron chi connectivity index (χ3n) is 5.69. The van der Waals surface area contributed by atoms with E-state index >= 15 is 0 Å². The maximum absolute atomic E-state index is 12.1. The highest BCUT2D eigenvalue weighted by atomic mass is 16.1. The molecule has 0 bridgehead atoms. The average molecular weight is 325 g/mol. The third-order valence-corrected chi connectivity index (χ3v) is 5.69. The van der Waals surface area contributed by atoms with Crippen LogP contribution in [0.5, 0.6) is 0 Å². The molecule has 0 aromatic carbocycles. The van der Waals surface area contributed by atoms with Gasteiger partial charge in [0.05, 0.1) is 0 Å². The largest absolute Gasteiger partial charge is 0.299 e. The Morgan fingerprint density at radius 1 is 0.609 bits per heavy atom. The number of rotatable bonds is 17. The van der Waals surface area contributed by atoms with Crippen LogP contribution in [0.25, 0.3) is 0 Å². The second-order valence-electron chi connectivity index (χ2n) is 7.58. The summed E-state index contributed by atoms with van der Waals surface area (Å²) in [6.45, 7) is 8.53. The number of ketones is 1. The lowest BCUT2D eigenvalue weighted by atomic mass is 9.73. The Bertz CT molecular complexity index is 271. The first-order chi connectivity index (χ1) is 11.1. The van der Waals surface area contributed by atoms with Crippen molar-refractivity contribution in [3.63, 3.8) is 0 Å². The van der Waals surface area contributed by atoms with Gasteiger partial charge in [-0.25, -0.2) is 0 Å². The van der Waals surface area contributed by atoms with E-state index in [1.807, 2.05) is 6.92 Å². The zero-order chi connectivity index (χ0) is 17.4. The van der Waals surface area contributed by atoms with Gasteiger partial charge < -0.3 is 0 Å². The topological polar surface area (TPSA) is 17.1 Å². The second-order valence-corrected chi connectivity index (χ2v) is 7.58. The van der Waals surface area contributed by atoms with Gasteiger partial charge in [-0.15, -0.1) is 0 Å². The van der Waals surface area contributed by atoms with E-state index in [0.717, 1.165) is 19.3 Å². The molecular weight excluding hydrogens is 280 g/mol. The van der Waals surface area contributed by atoms with E-state index in [2.05, 4.69) is 20.8 Å². The monoisotopic (exact) mass is 324 g/mol. The summed E-state index contributed by atoms with van der Waals surface area (Å²) in [5, 5.41) is 0. The van der Waals surface area contributed by atoms with Gasteiger partial charge in [-0.3, -0.25) is 4.79 Å². The molecule has 0 rings (SSSR count). The van der Waals surface area contributed by atoms with Crippen molar-refractivity contribution < 1.29 is 4.79 Å². The van der Waals surface area contributed by atoms with Gasteiger partial charge in [0.15, 0.2) is 0 Å². The molecule has 0 radical (unpaired) electrons. The summed E-state index contributed by atoms with van der Waals surface area (Å²) in [7, 11) is 0. The second kappa shape index (κ2) is 15.2. The average Bonchev–Trinajstić information content (AvgIpc) is 2.55. The van der Waals surface area contributed by atoms with Crippen molar-refractivity contribution in [3.8, 4) is 0 Å². The molecule has 0 aromatic rings. The molecule has 0 fully saturated rings. The molecule has 0 aliphatic rings. The van der Waals surface area contributed by atoms with E-state index in [1.54, 1.807) is 0 Å².